The molecule has 0 heterocycles. The van der Waals surface area contributed by atoms with Gasteiger partial charge in [0.25, 0.3) is 0 Å². The zero-order chi connectivity index (χ0) is 16.0. The molecule has 0 spiro atoms. The van der Waals surface area contributed by atoms with E-state index in [0.29, 0.717) is 5.75 Å². The zero-order valence-electron chi connectivity index (χ0n) is 13.3. The van der Waals surface area contributed by atoms with Gasteiger partial charge in [-0.2, -0.15) is 0 Å². The number of anilines is 1. The number of nitrogens with one attached hydrogen (secondary N) is 1. The molecule has 1 rings (SSSR count). The summed E-state index contributed by atoms with van der Waals surface area (Å²) < 4.78 is 0. The minimum absolute atomic E-state index is 0.0879. The fourth-order valence-corrected chi connectivity index (χ4v) is 3.00. The van der Waals surface area contributed by atoms with Crippen molar-refractivity contribution < 1.29 is 9.59 Å². The van der Waals surface area contributed by atoms with Crippen molar-refractivity contribution in [2.75, 3.05) is 11.1 Å². The van der Waals surface area contributed by atoms with Crippen LogP contribution in [0.4, 0.5) is 5.69 Å². The first-order valence-corrected chi connectivity index (χ1v) is 8.11. The first-order chi connectivity index (χ1) is 9.81. The molecule has 1 aromatic carbocycles. The molecule has 0 aliphatic carbocycles. The Hall–Kier alpha value is -1.49. The lowest BCUT2D eigenvalue weighted by molar-refractivity contribution is -0.131. The largest absolute Gasteiger partial charge is 0.337 e. The van der Waals surface area contributed by atoms with Crippen LogP contribution in [0.1, 0.15) is 34.6 Å². The van der Waals surface area contributed by atoms with Crippen LogP contribution in [-0.4, -0.2) is 34.6 Å². The van der Waals surface area contributed by atoms with Gasteiger partial charge in [0, 0.05) is 29.6 Å². The van der Waals surface area contributed by atoms with Gasteiger partial charge in [0.2, 0.25) is 11.8 Å². The van der Waals surface area contributed by atoms with Crippen LogP contribution in [0.2, 0.25) is 0 Å². The summed E-state index contributed by atoms with van der Waals surface area (Å²) in [6, 6.07) is 7.94. The molecule has 0 atom stereocenters. The molecule has 21 heavy (non-hydrogen) atoms. The molecule has 0 radical (unpaired) electrons. The molecule has 2 amide bonds. The average Bonchev–Trinajstić information content (AvgIpc) is 2.36. The number of hydrogen-bond donors (Lipinski definition) is 1. The lowest BCUT2D eigenvalue weighted by atomic mass is 10.2. The molecule has 116 valence electrons. The minimum atomic E-state index is -0.0879. The summed E-state index contributed by atoms with van der Waals surface area (Å²) in [6.45, 7) is 9.61. The maximum absolute atomic E-state index is 12.3. The summed E-state index contributed by atoms with van der Waals surface area (Å²) in [5.41, 5.74) is 0.768. The van der Waals surface area contributed by atoms with Crippen LogP contribution in [0.3, 0.4) is 0 Å². The van der Waals surface area contributed by atoms with Gasteiger partial charge in [-0.15, -0.1) is 11.8 Å². The lowest BCUT2D eigenvalue weighted by Gasteiger charge is -2.30. The molecule has 0 saturated heterocycles. The number of amides is 2. The van der Waals surface area contributed by atoms with Gasteiger partial charge in [0.05, 0.1) is 5.75 Å². The summed E-state index contributed by atoms with van der Waals surface area (Å²) in [6.07, 6.45) is 0. The summed E-state index contributed by atoms with van der Waals surface area (Å²) in [7, 11) is 0. The average molecular weight is 308 g/mol. The summed E-state index contributed by atoms with van der Waals surface area (Å²) in [4.78, 5) is 26.1. The Morgan fingerprint density at radius 3 is 2.05 bits per heavy atom. The highest BCUT2D eigenvalue weighted by atomic mass is 32.2. The molecule has 0 saturated carbocycles. The maximum Gasteiger partial charge on any atom is 0.233 e. The second-order valence-corrected chi connectivity index (χ2v) is 6.53. The first-order valence-electron chi connectivity index (χ1n) is 7.13. The van der Waals surface area contributed by atoms with Gasteiger partial charge in [-0.3, -0.25) is 9.59 Å². The topological polar surface area (TPSA) is 49.4 Å². The van der Waals surface area contributed by atoms with Crippen molar-refractivity contribution in [3.63, 3.8) is 0 Å². The SMILES string of the molecule is CC(=O)Nc1ccc(SCC(=O)N(C(C)C)C(C)C)cc1. The predicted molar refractivity (Wildman–Crippen MR) is 88.6 cm³/mol. The van der Waals surface area contributed by atoms with Crippen molar-refractivity contribution >= 4 is 29.3 Å². The quantitative estimate of drug-likeness (QED) is 0.820. The van der Waals surface area contributed by atoms with Crippen molar-refractivity contribution in [3.05, 3.63) is 24.3 Å². The minimum Gasteiger partial charge on any atom is -0.337 e. The third kappa shape index (κ3) is 5.79. The number of hydrogen-bond acceptors (Lipinski definition) is 3. The molecule has 0 aliphatic heterocycles. The smallest absolute Gasteiger partial charge is 0.233 e. The summed E-state index contributed by atoms with van der Waals surface area (Å²) in [5, 5.41) is 2.72. The number of rotatable bonds is 6. The number of nitrogens with zero attached hydrogens (tertiary/aromatic N) is 1. The Morgan fingerprint density at radius 1 is 1.10 bits per heavy atom. The van der Waals surface area contributed by atoms with Crippen molar-refractivity contribution in [2.45, 2.75) is 51.6 Å². The van der Waals surface area contributed by atoms with Gasteiger partial charge in [-0.1, -0.05) is 0 Å². The first kappa shape index (κ1) is 17.6. The van der Waals surface area contributed by atoms with E-state index in [0.717, 1.165) is 10.6 Å². The molecule has 4 nitrogen and oxygen atoms in total. The van der Waals surface area contributed by atoms with Crippen LogP contribution >= 0.6 is 11.8 Å². The van der Waals surface area contributed by atoms with Gasteiger partial charge in [0.1, 0.15) is 0 Å². The van der Waals surface area contributed by atoms with E-state index < -0.39 is 0 Å². The number of carbonyl (C=O) groups excluding carboxylic acids is 2. The Labute approximate surface area is 131 Å². The van der Waals surface area contributed by atoms with E-state index in [2.05, 4.69) is 5.32 Å². The molecule has 0 aromatic heterocycles. The van der Waals surface area contributed by atoms with Crippen LogP contribution in [0.25, 0.3) is 0 Å². The van der Waals surface area contributed by atoms with E-state index in [9.17, 15) is 9.59 Å². The Morgan fingerprint density at radius 2 is 1.62 bits per heavy atom. The summed E-state index contributed by atoms with van der Waals surface area (Å²) in [5.74, 6) is 0.488. The maximum atomic E-state index is 12.3. The standard InChI is InChI=1S/C16H24N2O2S/c1-11(2)18(12(3)4)16(20)10-21-15-8-6-14(7-9-15)17-13(5)19/h6-9,11-12H,10H2,1-5H3,(H,17,19). The van der Waals surface area contributed by atoms with E-state index in [1.54, 1.807) is 0 Å². The second kappa shape index (κ2) is 8.08. The molecule has 0 unspecified atom stereocenters. The second-order valence-electron chi connectivity index (χ2n) is 5.48. The fourth-order valence-electron chi connectivity index (χ4n) is 2.23. The highest BCUT2D eigenvalue weighted by Crippen LogP contribution is 2.21. The predicted octanol–water partition coefficient (Wildman–Crippen LogP) is 3.38. The van der Waals surface area contributed by atoms with Crippen LogP contribution in [0, 0.1) is 0 Å². The van der Waals surface area contributed by atoms with Gasteiger partial charge in [0.15, 0.2) is 0 Å². The van der Waals surface area contributed by atoms with Crippen LogP contribution in [0.15, 0.2) is 29.2 Å². The Bertz CT molecular complexity index is 476. The monoisotopic (exact) mass is 308 g/mol. The third-order valence-electron chi connectivity index (χ3n) is 2.94. The van der Waals surface area contributed by atoms with Crippen molar-refractivity contribution in [3.8, 4) is 0 Å². The molecule has 0 fully saturated rings. The molecule has 5 heteroatoms. The molecule has 1 N–H and O–H groups in total. The number of thioether (sulfide) groups is 1. The molecular formula is C16H24N2O2S. The summed E-state index contributed by atoms with van der Waals surface area (Å²) >= 11 is 1.52. The normalized spacial score (nSPS) is 10.8. The molecule has 1 aromatic rings. The van der Waals surface area contributed by atoms with E-state index in [1.165, 1.54) is 18.7 Å². The Balaban J connectivity index is 2.58. The van der Waals surface area contributed by atoms with Gasteiger partial charge < -0.3 is 10.2 Å². The van der Waals surface area contributed by atoms with Gasteiger partial charge >= 0.3 is 0 Å². The fraction of sp³-hybridized carbons (Fsp3) is 0.500. The van der Waals surface area contributed by atoms with Crippen LogP contribution < -0.4 is 5.32 Å². The van der Waals surface area contributed by atoms with E-state index in [4.69, 9.17) is 0 Å². The highest BCUT2D eigenvalue weighted by Gasteiger charge is 2.19. The van der Waals surface area contributed by atoms with Crippen molar-refractivity contribution in [1.29, 1.82) is 0 Å². The lowest BCUT2D eigenvalue weighted by Crippen LogP contribution is -2.43. The molecular weight excluding hydrogens is 284 g/mol. The third-order valence-corrected chi connectivity index (χ3v) is 3.93. The zero-order valence-corrected chi connectivity index (χ0v) is 14.2. The van der Waals surface area contributed by atoms with Crippen LogP contribution in [0.5, 0.6) is 0 Å². The Kier molecular flexibility index (Phi) is 6.75. The van der Waals surface area contributed by atoms with E-state index in [1.807, 2.05) is 56.9 Å². The van der Waals surface area contributed by atoms with Crippen molar-refractivity contribution in [2.24, 2.45) is 0 Å². The number of carbonyl (C=O) groups is 2. The van der Waals surface area contributed by atoms with Gasteiger partial charge in [-0.25, -0.2) is 0 Å². The molecule has 0 bridgehead atoms. The van der Waals surface area contributed by atoms with Gasteiger partial charge in [-0.05, 0) is 52.0 Å². The van der Waals surface area contributed by atoms with Crippen molar-refractivity contribution in [1.82, 2.24) is 4.90 Å². The van der Waals surface area contributed by atoms with E-state index in [-0.39, 0.29) is 23.9 Å². The van der Waals surface area contributed by atoms with Crippen LogP contribution in [-0.2, 0) is 9.59 Å². The molecule has 0 aliphatic rings. The van der Waals surface area contributed by atoms with E-state index >= 15 is 0 Å². The highest BCUT2D eigenvalue weighted by molar-refractivity contribution is 8.00. The number of benzene rings is 1.